The van der Waals surface area contributed by atoms with E-state index in [9.17, 15) is 10.1 Å². The molecule has 0 heterocycles. The lowest BCUT2D eigenvalue weighted by atomic mass is 10.1. The van der Waals surface area contributed by atoms with Crippen LogP contribution in [-0.4, -0.2) is 17.6 Å². The number of rotatable bonds is 8. The smallest absolute Gasteiger partial charge is 0.270 e. The molecule has 5 heteroatoms. The molecule has 20 heavy (non-hydrogen) atoms. The highest BCUT2D eigenvalue weighted by Crippen LogP contribution is 2.24. The third-order valence-corrected chi connectivity index (χ3v) is 2.91. The summed E-state index contributed by atoms with van der Waals surface area (Å²) in [7, 11) is 0. The molecular formula is C15H24N2O3. The number of benzene rings is 1. The van der Waals surface area contributed by atoms with Crippen LogP contribution in [0.2, 0.25) is 0 Å². The van der Waals surface area contributed by atoms with Gasteiger partial charge >= 0.3 is 0 Å². The molecule has 0 fully saturated rings. The fraction of sp³-hybridized carbons (Fsp3) is 0.600. The number of non-ortho nitro benzene ring substituents is 1. The van der Waals surface area contributed by atoms with Gasteiger partial charge in [0.15, 0.2) is 0 Å². The first-order valence-corrected chi connectivity index (χ1v) is 7.03. The molecule has 0 unspecified atom stereocenters. The second-order valence-corrected chi connectivity index (χ2v) is 5.62. The fourth-order valence-electron chi connectivity index (χ4n) is 1.68. The highest BCUT2D eigenvalue weighted by Gasteiger charge is 2.12. The van der Waals surface area contributed by atoms with E-state index in [0.29, 0.717) is 25.1 Å². The number of hydrogen-bond acceptors (Lipinski definition) is 4. The van der Waals surface area contributed by atoms with E-state index in [1.807, 2.05) is 13.8 Å². The molecule has 1 aromatic rings. The quantitative estimate of drug-likeness (QED) is 0.584. The second kappa shape index (κ2) is 7.85. The second-order valence-electron chi connectivity index (χ2n) is 5.62. The molecule has 0 spiro atoms. The van der Waals surface area contributed by atoms with Gasteiger partial charge in [0.1, 0.15) is 5.75 Å². The van der Waals surface area contributed by atoms with Crippen molar-refractivity contribution in [2.75, 3.05) is 6.61 Å². The fourth-order valence-corrected chi connectivity index (χ4v) is 1.68. The lowest BCUT2D eigenvalue weighted by Crippen LogP contribution is -2.22. The third kappa shape index (κ3) is 5.57. The van der Waals surface area contributed by atoms with Crippen LogP contribution in [0.5, 0.6) is 5.75 Å². The van der Waals surface area contributed by atoms with E-state index >= 15 is 0 Å². The van der Waals surface area contributed by atoms with E-state index in [4.69, 9.17) is 4.74 Å². The van der Waals surface area contributed by atoms with Crippen molar-refractivity contribution in [3.8, 4) is 5.75 Å². The normalized spacial score (nSPS) is 11.1. The SMILES string of the molecule is CC(C)CCOc1ccc([N+](=O)[O-])cc1CNC(C)C. The molecular weight excluding hydrogens is 256 g/mol. The van der Waals surface area contributed by atoms with Crippen LogP contribution in [0.25, 0.3) is 0 Å². The van der Waals surface area contributed by atoms with Gasteiger partial charge in [-0.2, -0.15) is 0 Å². The number of nitro groups is 1. The first kappa shape index (κ1) is 16.4. The first-order chi connectivity index (χ1) is 9.40. The Morgan fingerprint density at radius 2 is 2.00 bits per heavy atom. The molecule has 0 bridgehead atoms. The van der Waals surface area contributed by atoms with Gasteiger partial charge in [0.05, 0.1) is 11.5 Å². The molecule has 1 rings (SSSR count). The average Bonchev–Trinajstić information content (AvgIpc) is 2.36. The largest absolute Gasteiger partial charge is 0.493 e. The zero-order valence-electron chi connectivity index (χ0n) is 12.7. The summed E-state index contributed by atoms with van der Waals surface area (Å²) >= 11 is 0. The van der Waals surface area contributed by atoms with Crippen molar-refractivity contribution in [1.29, 1.82) is 0 Å². The van der Waals surface area contributed by atoms with Gasteiger partial charge in [0, 0.05) is 30.3 Å². The molecule has 0 radical (unpaired) electrons. The van der Waals surface area contributed by atoms with Crippen molar-refractivity contribution in [3.63, 3.8) is 0 Å². The van der Waals surface area contributed by atoms with Gasteiger partial charge in [0.2, 0.25) is 0 Å². The molecule has 1 aromatic carbocycles. The van der Waals surface area contributed by atoms with Crippen molar-refractivity contribution in [2.45, 2.75) is 46.7 Å². The minimum absolute atomic E-state index is 0.0989. The molecule has 0 saturated heterocycles. The summed E-state index contributed by atoms with van der Waals surface area (Å²) in [6, 6.07) is 5.08. The summed E-state index contributed by atoms with van der Waals surface area (Å²) in [4.78, 5) is 10.5. The molecule has 0 aliphatic carbocycles. The standard InChI is InChI=1S/C15H24N2O3/c1-11(2)7-8-20-15-6-5-14(17(18)19)9-13(15)10-16-12(3)4/h5-6,9,11-12,16H,7-8,10H2,1-4H3. The van der Waals surface area contributed by atoms with Crippen molar-refractivity contribution >= 4 is 5.69 Å². The summed E-state index contributed by atoms with van der Waals surface area (Å²) in [5, 5.41) is 14.1. The van der Waals surface area contributed by atoms with Gasteiger partial charge < -0.3 is 10.1 Å². The number of nitro benzene ring substituents is 1. The predicted molar refractivity (Wildman–Crippen MR) is 80.0 cm³/mol. The van der Waals surface area contributed by atoms with Crippen LogP contribution in [0, 0.1) is 16.0 Å². The van der Waals surface area contributed by atoms with Gasteiger partial charge in [-0.05, 0) is 18.4 Å². The van der Waals surface area contributed by atoms with Gasteiger partial charge in [-0.15, -0.1) is 0 Å². The summed E-state index contributed by atoms with van der Waals surface area (Å²) in [6.07, 6.45) is 0.966. The van der Waals surface area contributed by atoms with E-state index in [0.717, 1.165) is 17.7 Å². The van der Waals surface area contributed by atoms with Gasteiger partial charge in [-0.1, -0.05) is 27.7 Å². The van der Waals surface area contributed by atoms with Gasteiger partial charge in [-0.3, -0.25) is 10.1 Å². The maximum Gasteiger partial charge on any atom is 0.270 e. The summed E-state index contributed by atoms with van der Waals surface area (Å²) in [6.45, 7) is 9.55. The highest BCUT2D eigenvalue weighted by atomic mass is 16.6. The molecule has 1 N–H and O–H groups in total. The van der Waals surface area contributed by atoms with E-state index < -0.39 is 0 Å². The van der Waals surface area contributed by atoms with Crippen molar-refractivity contribution in [1.82, 2.24) is 5.32 Å². The van der Waals surface area contributed by atoms with Crippen LogP contribution < -0.4 is 10.1 Å². The Hall–Kier alpha value is -1.62. The number of nitrogens with zero attached hydrogens (tertiary/aromatic N) is 1. The van der Waals surface area contributed by atoms with Crippen molar-refractivity contribution in [3.05, 3.63) is 33.9 Å². The minimum Gasteiger partial charge on any atom is -0.493 e. The summed E-state index contributed by atoms with van der Waals surface area (Å²) in [5.41, 5.74) is 0.929. The molecule has 0 aromatic heterocycles. The molecule has 0 aliphatic heterocycles. The maximum absolute atomic E-state index is 10.9. The molecule has 0 saturated carbocycles. The number of ether oxygens (including phenoxy) is 1. The number of hydrogen-bond donors (Lipinski definition) is 1. The Morgan fingerprint density at radius 3 is 2.55 bits per heavy atom. The zero-order valence-corrected chi connectivity index (χ0v) is 12.7. The van der Waals surface area contributed by atoms with Crippen LogP contribution in [0.3, 0.4) is 0 Å². The lowest BCUT2D eigenvalue weighted by molar-refractivity contribution is -0.384. The minimum atomic E-state index is -0.378. The predicted octanol–water partition coefficient (Wildman–Crippen LogP) is 3.52. The van der Waals surface area contributed by atoms with Gasteiger partial charge in [0.25, 0.3) is 5.69 Å². The van der Waals surface area contributed by atoms with E-state index in [-0.39, 0.29) is 10.6 Å². The Labute approximate surface area is 120 Å². The monoisotopic (exact) mass is 280 g/mol. The van der Waals surface area contributed by atoms with E-state index in [2.05, 4.69) is 19.2 Å². The molecule has 0 aliphatic rings. The Kier molecular flexibility index (Phi) is 6.45. The highest BCUT2D eigenvalue weighted by molar-refractivity contribution is 5.43. The Bertz CT molecular complexity index is 445. The molecule has 112 valence electrons. The molecule has 0 amide bonds. The zero-order chi connectivity index (χ0) is 15.1. The van der Waals surface area contributed by atoms with Crippen LogP contribution in [0.15, 0.2) is 18.2 Å². The van der Waals surface area contributed by atoms with Crippen molar-refractivity contribution < 1.29 is 9.66 Å². The van der Waals surface area contributed by atoms with Gasteiger partial charge in [-0.25, -0.2) is 0 Å². The van der Waals surface area contributed by atoms with Crippen molar-refractivity contribution in [2.24, 2.45) is 5.92 Å². The summed E-state index contributed by atoms with van der Waals surface area (Å²) in [5.74, 6) is 1.30. The maximum atomic E-state index is 10.9. The average molecular weight is 280 g/mol. The summed E-state index contributed by atoms with van der Waals surface area (Å²) < 4.78 is 5.75. The lowest BCUT2D eigenvalue weighted by Gasteiger charge is -2.14. The Balaban J connectivity index is 2.81. The van der Waals surface area contributed by atoms with E-state index in [1.165, 1.54) is 6.07 Å². The van der Waals surface area contributed by atoms with Crippen LogP contribution in [0.1, 0.15) is 39.7 Å². The van der Waals surface area contributed by atoms with Crippen LogP contribution >= 0.6 is 0 Å². The van der Waals surface area contributed by atoms with E-state index in [1.54, 1.807) is 12.1 Å². The first-order valence-electron chi connectivity index (χ1n) is 7.03. The van der Waals surface area contributed by atoms with Crippen LogP contribution in [0.4, 0.5) is 5.69 Å². The Morgan fingerprint density at radius 1 is 1.30 bits per heavy atom. The third-order valence-electron chi connectivity index (χ3n) is 2.91. The van der Waals surface area contributed by atoms with Crippen LogP contribution in [-0.2, 0) is 6.54 Å². The molecule has 5 nitrogen and oxygen atoms in total. The molecule has 0 atom stereocenters. The number of nitrogens with one attached hydrogen (secondary N) is 1. The topological polar surface area (TPSA) is 64.4 Å².